The van der Waals surface area contributed by atoms with Crippen LogP contribution in [0.25, 0.3) is 11.7 Å². The van der Waals surface area contributed by atoms with Crippen LogP contribution in [-0.4, -0.2) is 50.4 Å². The number of pyridine rings is 1. The molecule has 4 heterocycles. The molecule has 1 aliphatic heterocycles. The lowest BCUT2D eigenvalue weighted by atomic mass is 10.1. The first-order chi connectivity index (χ1) is 15.5. The summed E-state index contributed by atoms with van der Waals surface area (Å²) in [5.41, 5.74) is 1.61. The van der Waals surface area contributed by atoms with Gasteiger partial charge in [-0.15, -0.1) is 0 Å². The van der Waals surface area contributed by atoms with Crippen LogP contribution in [0.15, 0.2) is 36.2 Å². The van der Waals surface area contributed by atoms with Gasteiger partial charge >= 0.3 is 0 Å². The fourth-order valence-corrected chi connectivity index (χ4v) is 3.31. The summed E-state index contributed by atoms with van der Waals surface area (Å²) in [4.78, 5) is 43.9. The third kappa shape index (κ3) is 3.87. The van der Waals surface area contributed by atoms with Crippen LogP contribution in [0.1, 0.15) is 35.3 Å². The average Bonchev–Trinajstić information content (AvgIpc) is 3.42. The minimum absolute atomic E-state index is 0.0127. The molecule has 5 rings (SSSR count). The normalized spacial score (nSPS) is 17.0. The molecule has 0 atom stereocenters. The molecular weight excluding hydrogens is 414 g/mol. The van der Waals surface area contributed by atoms with Gasteiger partial charge in [-0.2, -0.15) is 14.6 Å². The fraction of sp³-hybridized carbons (Fsp3) is 0.238. The van der Waals surface area contributed by atoms with Crippen LogP contribution in [0.3, 0.4) is 0 Å². The Morgan fingerprint density at radius 3 is 2.88 bits per heavy atom. The highest BCUT2D eigenvalue weighted by Crippen LogP contribution is 2.30. The van der Waals surface area contributed by atoms with E-state index in [0.29, 0.717) is 34.4 Å². The van der Waals surface area contributed by atoms with E-state index in [1.54, 1.807) is 28.9 Å². The van der Waals surface area contributed by atoms with Crippen LogP contribution in [0.4, 0.5) is 5.82 Å². The van der Waals surface area contributed by atoms with E-state index in [2.05, 4.69) is 31.0 Å². The van der Waals surface area contributed by atoms with E-state index in [4.69, 9.17) is 4.74 Å². The molecule has 0 spiro atoms. The van der Waals surface area contributed by atoms with Crippen molar-refractivity contribution in [3.63, 3.8) is 0 Å². The molecule has 3 aromatic heterocycles. The summed E-state index contributed by atoms with van der Waals surface area (Å²) in [6.07, 6.45) is 6.80. The Morgan fingerprint density at radius 1 is 1.31 bits per heavy atom. The van der Waals surface area contributed by atoms with Crippen molar-refractivity contribution < 1.29 is 19.1 Å². The SMILES string of the molecule is CNC(=O)c1cc(Oc2cc(NC3CC3)n3ncc(/C=C4\CC(=O)NC4=O)c3n2)ccn1. The molecule has 3 N–H and O–H groups in total. The van der Waals surface area contributed by atoms with E-state index in [1.807, 2.05) is 0 Å². The first-order valence-electron chi connectivity index (χ1n) is 10.1. The molecular formula is C21H19N7O4. The molecule has 1 aliphatic carbocycles. The van der Waals surface area contributed by atoms with Crippen molar-refractivity contribution in [2.75, 3.05) is 12.4 Å². The van der Waals surface area contributed by atoms with Crippen molar-refractivity contribution in [3.8, 4) is 11.6 Å². The minimum atomic E-state index is -0.420. The second kappa shape index (κ2) is 7.76. The second-order valence-corrected chi connectivity index (χ2v) is 7.52. The summed E-state index contributed by atoms with van der Waals surface area (Å²) < 4.78 is 7.56. The minimum Gasteiger partial charge on any atom is -0.439 e. The van der Waals surface area contributed by atoms with E-state index in [-0.39, 0.29) is 29.8 Å². The zero-order chi connectivity index (χ0) is 22.2. The number of amides is 3. The number of aromatic nitrogens is 4. The molecule has 32 heavy (non-hydrogen) atoms. The van der Waals surface area contributed by atoms with Crippen LogP contribution in [0.2, 0.25) is 0 Å². The van der Waals surface area contributed by atoms with E-state index < -0.39 is 5.91 Å². The summed E-state index contributed by atoms with van der Waals surface area (Å²) in [6, 6.07) is 5.21. The highest BCUT2D eigenvalue weighted by atomic mass is 16.5. The Bertz CT molecular complexity index is 1290. The van der Waals surface area contributed by atoms with Crippen molar-refractivity contribution >= 4 is 35.3 Å². The van der Waals surface area contributed by atoms with Crippen molar-refractivity contribution in [2.45, 2.75) is 25.3 Å². The van der Waals surface area contributed by atoms with Crippen molar-refractivity contribution in [1.29, 1.82) is 0 Å². The monoisotopic (exact) mass is 433 g/mol. The molecule has 2 fully saturated rings. The van der Waals surface area contributed by atoms with Crippen LogP contribution < -0.4 is 20.7 Å². The molecule has 0 unspecified atom stereocenters. The number of imide groups is 1. The average molecular weight is 433 g/mol. The molecule has 0 bridgehead atoms. The lowest BCUT2D eigenvalue weighted by molar-refractivity contribution is -0.124. The third-order valence-corrected chi connectivity index (χ3v) is 5.04. The number of nitrogens with zero attached hydrogens (tertiary/aromatic N) is 4. The summed E-state index contributed by atoms with van der Waals surface area (Å²) in [5.74, 6) is 0.274. The van der Waals surface area contributed by atoms with Crippen LogP contribution in [0.5, 0.6) is 11.6 Å². The Balaban J connectivity index is 1.54. The Morgan fingerprint density at radius 2 is 2.16 bits per heavy atom. The van der Waals surface area contributed by atoms with Gasteiger partial charge in [-0.25, -0.2) is 0 Å². The van der Waals surface area contributed by atoms with Crippen molar-refractivity contribution in [3.05, 3.63) is 47.4 Å². The predicted octanol–water partition coefficient (Wildman–Crippen LogP) is 1.28. The van der Waals surface area contributed by atoms with Gasteiger partial charge in [-0.1, -0.05) is 0 Å². The predicted molar refractivity (Wildman–Crippen MR) is 113 cm³/mol. The first-order valence-corrected chi connectivity index (χ1v) is 10.1. The van der Waals surface area contributed by atoms with Crippen LogP contribution >= 0.6 is 0 Å². The zero-order valence-corrected chi connectivity index (χ0v) is 17.1. The van der Waals surface area contributed by atoms with Gasteiger partial charge in [0.2, 0.25) is 11.8 Å². The molecule has 11 heteroatoms. The van der Waals surface area contributed by atoms with E-state index in [9.17, 15) is 14.4 Å². The molecule has 11 nitrogen and oxygen atoms in total. The fourth-order valence-electron chi connectivity index (χ4n) is 3.31. The Hall–Kier alpha value is -4.28. The highest BCUT2D eigenvalue weighted by molar-refractivity contribution is 6.15. The lowest BCUT2D eigenvalue weighted by Gasteiger charge is -2.11. The summed E-state index contributed by atoms with van der Waals surface area (Å²) in [5, 5.41) is 12.6. The van der Waals surface area contributed by atoms with Gasteiger partial charge in [0.1, 0.15) is 17.3 Å². The standard InChI is InChI=1S/C21H19N7O4/c1-22-21(31)15-8-14(4-5-23-15)32-18-9-16(25-13-2-3-13)28-19(27-18)12(10-24-28)6-11-7-17(29)26-20(11)30/h4-6,8-10,13,25H,2-3,7H2,1H3,(H,22,31)(H,26,29,30)/b11-6+. The molecule has 0 radical (unpaired) electrons. The van der Waals surface area contributed by atoms with Crippen LogP contribution in [-0.2, 0) is 9.59 Å². The smallest absolute Gasteiger partial charge is 0.269 e. The number of rotatable bonds is 6. The maximum absolute atomic E-state index is 12.0. The zero-order valence-electron chi connectivity index (χ0n) is 17.1. The second-order valence-electron chi connectivity index (χ2n) is 7.52. The van der Waals surface area contributed by atoms with Gasteiger partial charge in [-0.05, 0) is 25.0 Å². The van der Waals surface area contributed by atoms with Gasteiger partial charge in [0, 0.05) is 42.6 Å². The topological polar surface area (TPSA) is 140 Å². The maximum Gasteiger partial charge on any atom is 0.269 e. The van der Waals surface area contributed by atoms with Crippen molar-refractivity contribution in [2.24, 2.45) is 0 Å². The number of nitrogens with one attached hydrogen (secondary N) is 3. The van der Waals surface area contributed by atoms with Crippen molar-refractivity contribution in [1.82, 2.24) is 30.2 Å². The molecule has 1 saturated heterocycles. The van der Waals surface area contributed by atoms with Gasteiger partial charge in [0.25, 0.3) is 11.8 Å². The number of hydrogen-bond donors (Lipinski definition) is 3. The summed E-state index contributed by atoms with van der Waals surface area (Å²) in [6.45, 7) is 0. The van der Waals surface area contributed by atoms with E-state index in [0.717, 1.165) is 12.8 Å². The van der Waals surface area contributed by atoms with Gasteiger partial charge in [-0.3, -0.25) is 24.7 Å². The Labute approximate surface area is 181 Å². The quantitative estimate of drug-likeness (QED) is 0.390. The van der Waals surface area contributed by atoms with Gasteiger partial charge in [0.15, 0.2) is 5.65 Å². The van der Waals surface area contributed by atoms with Gasteiger partial charge < -0.3 is 15.4 Å². The molecule has 0 aromatic carbocycles. The van der Waals surface area contributed by atoms with E-state index in [1.165, 1.54) is 19.3 Å². The number of anilines is 1. The summed E-state index contributed by atoms with van der Waals surface area (Å²) in [7, 11) is 1.52. The molecule has 2 aliphatic rings. The number of fused-ring (bicyclic) bond motifs is 1. The van der Waals surface area contributed by atoms with Gasteiger partial charge in [0.05, 0.1) is 12.6 Å². The lowest BCUT2D eigenvalue weighted by Crippen LogP contribution is -2.19. The highest BCUT2D eigenvalue weighted by Gasteiger charge is 2.26. The van der Waals surface area contributed by atoms with E-state index >= 15 is 0 Å². The largest absolute Gasteiger partial charge is 0.439 e. The Kier molecular flexibility index (Phi) is 4.77. The number of carbonyl (C=O) groups excluding carboxylic acids is 3. The molecule has 3 amide bonds. The number of ether oxygens (including phenoxy) is 1. The maximum atomic E-state index is 12.0. The molecule has 3 aromatic rings. The van der Waals surface area contributed by atoms with Crippen LogP contribution in [0, 0.1) is 0 Å². The number of hydrogen-bond acceptors (Lipinski definition) is 8. The molecule has 162 valence electrons. The summed E-state index contributed by atoms with van der Waals surface area (Å²) >= 11 is 0. The molecule has 1 saturated carbocycles. The third-order valence-electron chi connectivity index (χ3n) is 5.04. The first kappa shape index (κ1) is 19.7. The number of carbonyl (C=O) groups is 3.